The summed E-state index contributed by atoms with van der Waals surface area (Å²) in [7, 11) is 1.33. The molecule has 0 aliphatic heterocycles. The van der Waals surface area contributed by atoms with Crippen LogP contribution in [-0.4, -0.2) is 31.6 Å². The van der Waals surface area contributed by atoms with Crippen molar-refractivity contribution in [3.63, 3.8) is 0 Å². The molecule has 0 bridgehead atoms. The van der Waals surface area contributed by atoms with Gasteiger partial charge in [0.05, 0.1) is 13.7 Å². The van der Waals surface area contributed by atoms with Crippen LogP contribution in [-0.2, 0) is 23.9 Å². The van der Waals surface area contributed by atoms with E-state index < -0.39 is 5.91 Å². The van der Waals surface area contributed by atoms with E-state index in [1.165, 1.54) is 13.2 Å². The number of unbranched alkanes of at least 4 members (excludes halogenated alkanes) is 1. The Bertz CT molecular complexity index is 361. The van der Waals surface area contributed by atoms with E-state index in [2.05, 4.69) is 34.9 Å². The van der Waals surface area contributed by atoms with E-state index in [1.54, 1.807) is 6.92 Å². The Kier molecular flexibility index (Phi) is 19.9. The van der Waals surface area contributed by atoms with Gasteiger partial charge in [-0.15, -0.1) is 0 Å². The second-order valence-electron chi connectivity index (χ2n) is 3.60. The van der Waals surface area contributed by atoms with Crippen molar-refractivity contribution < 1.29 is 23.9 Å². The van der Waals surface area contributed by atoms with Crippen LogP contribution in [0.25, 0.3) is 0 Å². The number of esters is 2. The molecule has 0 aromatic carbocycles. The highest BCUT2D eigenvalue weighted by atomic mass is 16.5. The highest BCUT2D eigenvalue weighted by molar-refractivity contribution is 5.86. The van der Waals surface area contributed by atoms with E-state index in [9.17, 15) is 14.4 Å². The van der Waals surface area contributed by atoms with Crippen molar-refractivity contribution >= 4 is 17.8 Å². The average molecular weight is 299 g/mol. The van der Waals surface area contributed by atoms with Gasteiger partial charge in [-0.1, -0.05) is 33.1 Å². The Morgan fingerprint density at radius 3 is 1.86 bits per heavy atom. The highest BCUT2D eigenvalue weighted by Gasteiger charge is 1.95. The van der Waals surface area contributed by atoms with Gasteiger partial charge in [0, 0.05) is 11.6 Å². The summed E-state index contributed by atoms with van der Waals surface area (Å²) in [6.07, 6.45) is 4.21. The molecule has 0 spiro atoms. The number of ether oxygens (including phenoxy) is 2. The average Bonchev–Trinajstić information content (AvgIpc) is 2.47. The predicted octanol–water partition coefficient (Wildman–Crippen LogP) is 1.91. The molecule has 6 nitrogen and oxygen atoms in total. The van der Waals surface area contributed by atoms with Gasteiger partial charge in [-0.3, -0.25) is 4.79 Å². The number of carbonyl (C=O) groups excluding carboxylic acids is 3. The number of amides is 1. The van der Waals surface area contributed by atoms with Crippen LogP contribution in [0, 0.1) is 0 Å². The van der Waals surface area contributed by atoms with Gasteiger partial charge >= 0.3 is 11.9 Å². The monoisotopic (exact) mass is 299 g/mol. The first-order valence-electron chi connectivity index (χ1n) is 6.21. The molecule has 0 heterocycles. The zero-order chi connectivity index (χ0) is 17.3. The van der Waals surface area contributed by atoms with Gasteiger partial charge in [0.2, 0.25) is 5.91 Å². The maximum Gasteiger partial charge on any atom is 0.332 e. The molecule has 21 heavy (non-hydrogen) atoms. The molecular weight excluding hydrogens is 274 g/mol. The molecule has 0 saturated heterocycles. The summed E-state index contributed by atoms with van der Waals surface area (Å²) in [5.41, 5.74) is 4.97. The van der Waals surface area contributed by atoms with Crippen LogP contribution < -0.4 is 5.73 Å². The number of rotatable bonds is 6. The Morgan fingerprint density at radius 2 is 1.67 bits per heavy atom. The van der Waals surface area contributed by atoms with Crippen molar-refractivity contribution in [1.29, 1.82) is 0 Å². The standard InChI is InChI=1S/C7H12O2.C5H8O2.C3H5NO/c1-3-5-6-9-7(8)4-2;1-4(2)5(6)7-3;1-2-3(4)5/h4H,2-3,5-6H2,1H3;1H2,2-3H3;2H,1H2,(H2,4,5). The number of nitrogens with two attached hydrogens (primary N) is 1. The van der Waals surface area contributed by atoms with Crippen molar-refractivity contribution in [2.75, 3.05) is 13.7 Å². The number of hydrogen-bond acceptors (Lipinski definition) is 5. The molecule has 6 heteroatoms. The minimum atomic E-state index is -0.481. The van der Waals surface area contributed by atoms with Gasteiger partial charge in [0.15, 0.2) is 0 Å². The van der Waals surface area contributed by atoms with E-state index in [1.807, 2.05) is 6.92 Å². The largest absolute Gasteiger partial charge is 0.466 e. The normalized spacial score (nSPS) is 7.76. The van der Waals surface area contributed by atoms with Gasteiger partial charge in [-0.05, 0) is 19.4 Å². The van der Waals surface area contributed by atoms with Gasteiger partial charge < -0.3 is 15.2 Å². The third-order valence-corrected chi connectivity index (χ3v) is 1.64. The van der Waals surface area contributed by atoms with Crippen LogP contribution in [0.2, 0.25) is 0 Å². The summed E-state index contributed by atoms with van der Waals surface area (Å²) in [4.78, 5) is 30.0. The first-order valence-corrected chi connectivity index (χ1v) is 6.21. The third-order valence-electron chi connectivity index (χ3n) is 1.64. The van der Waals surface area contributed by atoms with Crippen LogP contribution in [0.15, 0.2) is 37.5 Å². The van der Waals surface area contributed by atoms with E-state index in [4.69, 9.17) is 0 Å². The summed E-state index contributed by atoms with van der Waals surface area (Å²) in [5.74, 6) is -1.16. The lowest BCUT2D eigenvalue weighted by Crippen LogP contribution is -2.04. The van der Waals surface area contributed by atoms with Crippen molar-refractivity contribution in [2.45, 2.75) is 26.7 Å². The molecule has 0 fully saturated rings. The van der Waals surface area contributed by atoms with Crippen LogP contribution in [0.1, 0.15) is 26.7 Å². The molecule has 0 aliphatic rings. The lowest BCUT2D eigenvalue weighted by atomic mass is 10.4. The summed E-state index contributed by atoms with van der Waals surface area (Å²) in [6.45, 7) is 13.9. The predicted molar refractivity (Wildman–Crippen MR) is 82.3 cm³/mol. The molecule has 120 valence electrons. The minimum Gasteiger partial charge on any atom is -0.466 e. The molecule has 0 aromatic rings. The summed E-state index contributed by atoms with van der Waals surface area (Å²) in [6, 6.07) is 0. The van der Waals surface area contributed by atoms with Crippen LogP contribution >= 0.6 is 0 Å². The smallest absolute Gasteiger partial charge is 0.332 e. The third kappa shape index (κ3) is 27.0. The molecule has 0 atom stereocenters. The fraction of sp³-hybridized carbons (Fsp3) is 0.400. The Balaban J connectivity index is -0.000000242. The molecule has 0 unspecified atom stereocenters. The quantitative estimate of drug-likeness (QED) is 0.459. The Hall–Kier alpha value is -2.37. The molecule has 0 saturated carbocycles. The summed E-state index contributed by atoms with van der Waals surface area (Å²) < 4.78 is 8.95. The van der Waals surface area contributed by atoms with E-state index in [0.29, 0.717) is 12.2 Å². The molecule has 0 aliphatic carbocycles. The first kappa shape index (κ1) is 23.7. The molecule has 1 amide bonds. The van der Waals surface area contributed by atoms with Crippen LogP contribution in [0.3, 0.4) is 0 Å². The SMILES string of the molecule is C=C(C)C(=O)OC.C=CC(=O)OCCCC.C=CC(N)=O. The molecule has 2 N–H and O–H groups in total. The van der Waals surface area contributed by atoms with Gasteiger partial charge in [-0.2, -0.15) is 0 Å². The van der Waals surface area contributed by atoms with Crippen molar-refractivity contribution in [3.05, 3.63) is 37.5 Å². The van der Waals surface area contributed by atoms with Crippen molar-refractivity contribution in [1.82, 2.24) is 0 Å². The Morgan fingerprint density at radius 1 is 1.19 bits per heavy atom. The Labute approximate surface area is 126 Å². The van der Waals surface area contributed by atoms with Crippen molar-refractivity contribution in [2.24, 2.45) is 5.73 Å². The first-order chi connectivity index (χ1) is 9.76. The second kappa shape index (κ2) is 17.6. The fourth-order valence-corrected chi connectivity index (χ4v) is 0.550. The van der Waals surface area contributed by atoms with E-state index in [0.717, 1.165) is 18.9 Å². The maximum absolute atomic E-state index is 10.3. The fourth-order valence-electron chi connectivity index (χ4n) is 0.550. The topological polar surface area (TPSA) is 95.7 Å². The number of methoxy groups -OCH3 is 1. The maximum atomic E-state index is 10.3. The van der Waals surface area contributed by atoms with Crippen molar-refractivity contribution in [3.8, 4) is 0 Å². The zero-order valence-corrected chi connectivity index (χ0v) is 13.0. The number of carbonyl (C=O) groups is 3. The summed E-state index contributed by atoms with van der Waals surface area (Å²) >= 11 is 0. The molecule has 0 radical (unpaired) electrons. The molecular formula is C15H25NO5. The van der Waals surface area contributed by atoms with Crippen LogP contribution in [0.5, 0.6) is 0 Å². The summed E-state index contributed by atoms with van der Waals surface area (Å²) in [5, 5.41) is 0. The lowest BCUT2D eigenvalue weighted by molar-refractivity contribution is -0.138. The van der Waals surface area contributed by atoms with Gasteiger partial charge in [0.25, 0.3) is 0 Å². The second-order valence-corrected chi connectivity index (χ2v) is 3.60. The van der Waals surface area contributed by atoms with Crippen LogP contribution in [0.4, 0.5) is 0 Å². The van der Waals surface area contributed by atoms with Gasteiger partial charge in [-0.25, -0.2) is 9.59 Å². The highest BCUT2D eigenvalue weighted by Crippen LogP contribution is 1.88. The van der Waals surface area contributed by atoms with Gasteiger partial charge in [0.1, 0.15) is 0 Å². The van der Waals surface area contributed by atoms with E-state index >= 15 is 0 Å². The molecule has 0 aromatic heterocycles. The lowest BCUT2D eigenvalue weighted by Gasteiger charge is -1.97. The number of primary amides is 1. The number of hydrogen-bond donors (Lipinski definition) is 1. The zero-order valence-electron chi connectivity index (χ0n) is 13.0. The minimum absolute atomic E-state index is 0.330. The molecule has 0 rings (SSSR count). The van der Waals surface area contributed by atoms with E-state index in [-0.39, 0.29) is 11.9 Å².